The Morgan fingerprint density at radius 1 is 1.47 bits per heavy atom. The zero-order valence-corrected chi connectivity index (χ0v) is 9.54. The van der Waals surface area contributed by atoms with E-state index < -0.39 is 0 Å². The predicted octanol–water partition coefficient (Wildman–Crippen LogP) is 1.65. The molecule has 0 aromatic carbocycles. The van der Waals surface area contributed by atoms with Crippen LogP contribution >= 0.6 is 0 Å². The van der Waals surface area contributed by atoms with Crippen LogP contribution in [0.15, 0.2) is 37.2 Å². The maximum Gasteiger partial charge on any atom is 0.101 e. The van der Waals surface area contributed by atoms with E-state index in [-0.39, 0.29) is 6.04 Å². The van der Waals surface area contributed by atoms with Gasteiger partial charge >= 0.3 is 0 Å². The molecule has 0 spiro atoms. The molecular weight excluding hydrogens is 214 g/mol. The molecule has 0 radical (unpaired) electrons. The minimum atomic E-state index is 0.195. The molecule has 1 unspecified atom stereocenters. The third-order valence-electron chi connectivity index (χ3n) is 2.39. The maximum atomic E-state index is 8.96. The third-order valence-corrected chi connectivity index (χ3v) is 2.39. The Bertz CT molecular complexity index is 512. The van der Waals surface area contributed by atoms with Crippen LogP contribution in [0.5, 0.6) is 0 Å². The molecule has 5 nitrogen and oxygen atoms in total. The van der Waals surface area contributed by atoms with E-state index in [1.54, 1.807) is 31.0 Å². The van der Waals surface area contributed by atoms with Crippen LogP contribution < -0.4 is 5.32 Å². The molecule has 0 saturated carbocycles. The lowest BCUT2D eigenvalue weighted by molar-refractivity contribution is 0.618. The van der Waals surface area contributed by atoms with Crippen molar-refractivity contribution in [3.8, 4) is 6.07 Å². The number of imidazole rings is 1. The molecule has 0 aliphatic carbocycles. The van der Waals surface area contributed by atoms with E-state index in [0.717, 1.165) is 12.2 Å². The standard InChI is InChI=1S/C12H13N5/c1-10(8-17-5-4-15-9-17)16-12-7-14-3-2-11(12)6-13/h2-5,7,9-10,16H,8H2,1H3. The molecule has 0 aliphatic heterocycles. The van der Waals surface area contributed by atoms with Gasteiger partial charge in [0.15, 0.2) is 0 Å². The molecule has 0 amide bonds. The first kappa shape index (κ1) is 11.1. The molecule has 2 aromatic rings. The van der Waals surface area contributed by atoms with Crippen LogP contribution in [0.4, 0.5) is 5.69 Å². The average Bonchev–Trinajstić information content (AvgIpc) is 2.82. The van der Waals surface area contributed by atoms with Gasteiger partial charge in [-0.3, -0.25) is 4.98 Å². The summed E-state index contributed by atoms with van der Waals surface area (Å²) in [6.07, 6.45) is 8.71. The van der Waals surface area contributed by atoms with Gasteiger partial charge in [-0.05, 0) is 13.0 Å². The normalized spacial score (nSPS) is 11.8. The van der Waals surface area contributed by atoms with Gasteiger partial charge in [0.25, 0.3) is 0 Å². The first-order chi connectivity index (χ1) is 8.29. The lowest BCUT2D eigenvalue weighted by atomic mass is 10.2. The fourth-order valence-electron chi connectivity index (χ4n) is 1.63. The van der Waals surface area contributed by atoms with Gasteiger partial charge in [0, 0.05) is 31.2 Å². The number of nitrogens with one attached hydrogen (secondary N) is 1. The van der Waals surface area contributed by atoms with Crippen LogP contribution in [0.25, 0.3) is 0 Å². The quantitative estimate of drug-likeness (QED) is 0.862. The molecule has 5 heteroatoms. The Morgan fingerprint density at radius 2 is 2.35 bits per heavy atom. The summed E-state index contributed by atoms with van der Waals surface area (Å²) >= 11 is 0. The number of hydrogen-bond donors (Lipinski definition) is 1. The van der Waals surface area contributed by atoms with Crippen molar-refractivity contribution >= 4 is 5.69 Å². The summed E-state index contributed by atoms with van der Waals surface area (Å²) < 4.78 is 1.99. The first-order valence-electron chi connectivity index (χ1n) is 5.36. The smallest absolute Gasteiger partial charge is 0.101 e. The number of pyridine rings is 1. The number of hydrogen-bond acceptors (Lipinski definition) is 4. The molecule has 0 aliphatic rings. The SMILES string of the molecule is CC(Cn1ccnc1)Nc1cnccc1C#N. The highest BCUT2D eigenvalue weighted by Gasteiger charge is 2.06. The van der Waals surface area contributed by atoms with Crippen molar-refractivity contribution in [2.24, 2.45) is 0 Å². The summed E-state index contributed by atoms with van der Waals surface area (Å²) in [5.41, 5.74) is 1.38. The van der Waals surface area contributed by atoms with Gasteiger partial charge in [-0.15, -0.1) is 0 Å². The van der Waals surface area contributed by atoms with Gasteiger partial charge < -0.3 is 9.88 Å². The lowest BCUT2D eigenvalue weighted by Crippen LogP contribution is -2.21. The monoisotopic (exact) mass is 227 g/mol. The van der Waals surface area contributed by atoms with Crippen molar-refractivity contribution in [1.29, 1.82) is 5.26 Å². The maximum absolute atomic E-state index is 8.96. The molecule has 1 N–H and O–H groups in total. The van der Waals surface area contributed by atoms with Gasteiger partial charge in [-0.1, -0.05) is 0 Å². The van der Waals surface area contributed by atoms with E-state index in [2.05, 4.69) is 21.4 Å². The highest BCUT2D eigenvalue weighted by atomic mass is 15.1. The number of aromatic nitrogens is 3. The molecule has 86 valence electrons. The zero-order valence-electron chi connectivity index (χ0n) is 9.54. The Kier molecular flexibility index (Phi) is 3.36. The van der Waals surface area contributed by atoms with Crippen molar-refractivity contribution in [1.82, 2.24) is 14.5 Å². The lowest BCUT2D eigenvalue weighted by Gasteiger charge is -2.16. The van der Waals surface area contributed by atoms with Gasteiger partial charge in [-0.2, -0.15) is 5.26 Å². The average molecular weight is 227 g/mol. The second-order valence-corrected chi connectivity index (χ2v) is 3.84. The summed E-state index contributed by atoms with van der Waals surface area (Å²) in [4.78, 5) is 8.00. The van der Waals surface area contributed by atoms with E-state index in [0.29, 0.717) is 5.56 Å². The Balaban J connectivity index is 2.03. The van der Waals surface area contributed by atoms with Crippen LogP contribution in [-0.2, 0) is 6.54 Å². The van der Waals surface area contributed by atoms with Crippen LogP contribution in [0.3, 0.4) is 0 Å². The molecule has 2 heterocycles. The minimum absolute atomic E-state index is 0.195. The Morgan fingerprint density at radius 3 is 3.06 bits per heavy atom. The molecule has 17 heavy (non-hydrogen) atoms. The molecule has 0 fully saturated rings. The molecular formula is C12H13N5. The van der Waals surface area contributed by atoms with Crippen molar-refractivity contribution in [2.45, 2.75) is 19.5 Å². The highest BCUT2D eigenvalue weighted by Crippen LogP contribution is 2.13. The molecule has 2 rings (SSSR count). The van der Waals surface area contributed by atoms with Crippen molar-refractivity contribution < 1.29 is 0 Å². The van der Waals surface area contributed by atoms with Crippen LogP contribution in [0.1, 0.15) is 12.5 Å². The topological polar surface area (TPSA) is 66.5 Å². The van der Waals surface area contributed by atoms with E-state index in [9.17, 15) is 0 Å². The van der Waals surface area contributed by atoms with Crippen LogP contribution in [0, 0.1) is 11.3 Å². The predicted molar refractivity (Wildman–Crippen MR) is 64.3 cm³/mol. The summed E-state index contributed by atoms with van der Waals surface area (Å²) in [6, 6.07) is 4.03. The molecule has 0 saturated heterocycles. The Hall–Kier alpha value is -2.35. The number of rotatable bonds is 4. The highest BCUT2D eigenvalue weighted by molar-refractivity contribution is 5.55. The molecule has 1 atom stereocenters. The fraction of sp³-hybridized carbons (Fsp3) is 0.250. The van der Waals surface area contributed by atoms with Crippen molar-refractivity contribution in [3.63, 3.8) is 0 Å². The van der Waals surface area contributed by atoms with E-state index >= 15 is 0 Å². The first-order valence-corrected chi connectivity index (χ1v) is 5.36. The largest absolute Gasteiger partial charge is 0.378 e. The Labute approximate surface area is 99.7 Å². The van der Waals surface area contributed by atoms with Crippen LogP contribution in [-0.4, -0.2) is 20.6 Å². The van der Waals surface area contributed by atoms with Gasteiger partial charge in [-0.25, -0.2) is 4.98 Å². The van der Waals surface area contributed by atoms with Crippen LogP contribution in [0.2, 0.25) is 0 Å². The van der Waals surface area contributed by atoms with E-state index in [1.807, 2.05) is 17.7 Å². The summed E-state index contributed by atoms with van der Waals surface area (Å²) in [5, 5.41) is 12.2. The summed E-state index contributed by atoms with van der Waals surface area (Å²) in [6.45, 7) is 2.84. The van der Waals surface area contributed by atoms with Crippen molar-refractivity contribution in [2.75, 3.05) is 5.32 Å². The molecule has 2 aromatic heterocycles. The number of anilines is 1. The molecule has 0 bridgehead atoms. The number of nitrogens with zero attached hydrogens (tertiary/aromatic N) is 4. The fourth-order valence-corrected chi connectivity index (χ4v) is 1.63. The van der Waals surface area contributed by atoms with Gasteiger partial charge in [0.05, 0.1) is 23.8 Å². The zero-order chi connectivity index (χ0) is 12.1. The summed E-state index contributed by atoms with van der Waals surface area (Å²) in [7, 11) is 0. The number of nitriles is 1. The van der Waals surface area contributed by atoms with E-state index in [4.69, 9.17) is 5.26 Å². The third kappa shape index (κ3) is 2.82. The van der Waals surface area contributed by atoms with Gasteiger partial charge in [0.1, 0.15) is 6.07 Å². The summed E-state index contributed by atoms with van der Waals surface area (Å²) in [5.74, 6) is 0. The van der Waals surface area contributed by atoms with Crippen molar-refractivity contribution in [3.05, 3.63) is 42.7 Å². The second kappa shape index (κ2) is 5.12. The minimum Gasteiger partial charge on any atom is -0.378 e. The van der Waals surface area contributed by atoms with Gasteiger partial charge in [0.2, 0.25) is 0 Å². The second-order valence-electron chi connectivity index (χ2n) is 3.84. The van der Waals surface area contributed by atoms with E-state index in [1.165, 1.54) is 0 Å².